The number of benzene rings is 1. The summed E-state index contributed by atoms with van der Waals surface area (Å²) < 4.78 is 28.4. The topological polar surface area (TPSA) is 135 Å². The molecule has 0 saturated heterocycles. The van der Waals surface area contributed by atoms with Crippen molar-refractivity contribution in [2.24, 2.45) is 0 Å². The van der Waals surface area contributed by atoms with E-state index in [1.165, 1.54) is 22.9 Å². The van der Waals surface area contributed by atoms with Gasteiger partial charge in [0.05, 0.1) is 22.7 Å². The second-order valence-corrected chi connectivity index (χ2v) is 9.77. The Kier molecular flexibility index (Phi) is 5.63. The Balaban J connectivity index is 1.48. The third kappa shape index (κ3) is 4.03. The summed E-state index contributed by atoms with van der Waals surface area (Å²) in [7, 11) is 0. The molecule has 204 valence electrons. The molecule has 5 aromatic heterocycles. The van der Waals surface area contributed by atoms with Crippen LogP contribution in [0.4, 0.5) is 10.2 Å². The van der Waals surface area contributed by atoms with Gasteiger partial charge in [-0.3, -0.25) is 9.20 Å². The maximum atomic E-state index is 14.2. The van der Waals surface area contributed by atoms with Crippen LogP contribution in [-0.2, 0) is 0 Å². The summed E-state index contributed by atoms with van der Waals surface area (Å²) in [6.07, 6.45) is 4.13. The third-order valence-corrected chi connectivity index (χ3v) is 7.07. The van der Waals surface area contributed by atoms with E-state index in [0.717, 1.165) is 11.8 Å². The van der Waals surface area contributed by atoms with Crippen molar-refractivity contribution in [3.63, 3.8) is 0 Å². The molecule has 2 N–H and O–H groups in total. The van der Waals surface area contributed by atoms with Crippen LogP contribution in [0.15, 0.2) is 66.0 Å². The lowest BCUT2D eigenvalue weighted by Crippen LogP contribution is -2.23. The van der Waals surface area contributed by atoms with Crippen LogP contribution >= 0.6 is 0 Å². The smallest absolute Gasteiger partial charge is 0.266 e. The zero-order chi connectivity index (χ0) is 28.2. The van der Waals surface area contributed by atoms with Gasteiger partial charge in [0.25, 0.3) is 11.4 Å². The largest absolute Gasteiger partial charge is 0.484 e. The SMILES string of the molecule is Cc1cccc(-c2c(C(C)n3nc(-c4cnc5c(c4)OCCO5)c4c(N)ncnc43)nc3ccc(F)cn3c2=O)c1. The lowest BCUT2D eigenvalue weighted by molar-refractivity contribution is 0.164. The van der Waals surface area contributed by atoms with Gasteiger partial charge in [0.15, 0.2) is 11.4 Å². The second kappa shape index (κ2) is 9.37. The number of hydrogen-bond acceptors (Lipinski definition) is 9. The van der Waals surface area contributed by atoms with E-state index < -0.39 is 17.4 Å². The van der Waals surface area contributed by atoms with Gasteiger partial charge in [0.1, 0.15) is 42.5 Å². The van der Waals surface area contributed by atoms with Crippen LogP contribution in [0.5, 0.6) is 11.6 Å². The van der Waals surface area contributed by atoms with E-state index in [9.17, 15) is 9.18 Å². The number of halogens is 1. The van der Waals surface area contributed by atoms with Crippen molar-refractivity contribution in [3.05, 3.63) is 88.6 Å². The fourth-order valence-electron chi connectivity index (χ4n) is 5.15. The van der Waals surface area contributed by atoms with Gasteiger partial charge in [-0.05, 0) is 37.6 Å². The van der Waals surface area contributed by atoms with Crippen LogP contribution in [-0.4, -0.2) is 47.3 Å². The van der Waals surface area contributed by atoms with Crippen molar-refractivity contribution in [3.8, 4) is 34.0 Å². The minimum Gasteiger partial charge on any atom is -0.484 e. The number of aryl methyl sites for hydroxylation is 1. The number of nitrogens with two attached hydrogens (primary N) is 1. The maximum absolute atomic E-state index is 14.2. The molecule has 0 radical (unpaired) electrons. The summed E-state index contributed by atoms with van der Waals surface area (Å²) in [6.45, 7) is 4.64. The predicted molar refractivity (Wildman–Crippen MR) is 149 cm³/mol. The minimum absolute atomic E-state index is 0.235. The molecular formula is C29H23FN8O3. The molecule has 7 rings (SSSR count). The fraction of sp³-hybridized carbons (Fsp3) is 0.172. The van der Waals surface area contributed by atoms with Crippen molar-refractivity contribution in [1.29, 1.82) is 0 Å². The number of aromatic nitrogens is 7. The lowest BCUT2D eigenvalue weighted by atomic mass is 10.00. The van der Waals surface area contributed by atoms with Crippen LogP contribution in [0.2, 0.25) is 0 Å². The molecule has 1 aliphatic rings. The number of anilines is 1. The van der Waals surface area contributed by atoms with Crippen molar-refractivity contribution >= 4 is 22.5 Å². The highest BCUT2D eigenvalue weighted by molar-refractivity contribution is 5.98. The molecular weight excluding hydrogens is 527 g/mol. The monoisotopic (exact) mass is 550 g/mol. The van der Waals surface area contributed by atoms with Crippen LogP contribution < -0.4 is 20.8 Å². The fourth-order valence-corrected chi connectivity index (χ4v) is 5.15. The Morgan fingerprint density at radius 3 is 2.76 bits per heavy atom. The maximum Gasteiger partial charge on any atom is 0.266 e. The summed E-state index contributed by atoms with van der Waals surface area (Å²) in [6, 6.07) is 11.5. The summed E-state index contributed by atoms with van der Waals surface area (Å²) in [5.74, 6) is 0.596. The van der Waals surface area contributed by atoms with Gasteiger partial charge < -0.3 is 15.2 Å². The Morgan fingerprint density at radius 2 is 1.90 bits per heavy atom. The van der Waals surface area contributed by atoms with E-state index in [1.54, 1.807) is 16.9 Å². The number of nitrogen functional groups attached to an aromatic ring is 1. The average molecular weight is 551 g/mol. The first-order valence-corrected chi connectivity index (χ1v) is 12.9. The van der Waals surface area contributed by atoms with E-state index >= 15 is 0 Å². The first kappa shape index (κ1) is 24.6. The molecule has 0 aliphatic carbocycles. The van der Waals surface area contributed by atoms with Gasteiger partial charge in [-0.15, -0.1) is 0 Å². The molecule has 1 aliphatic heterocycles. The summed E-state index contributed by atoms with van der Waals surface area (Å²) in [4.78, 5) is 31.8. The Labute approximate surface area is 232 Å². The number of pyridine rings is 2. The van der Waals surface area contributed by atoms with Crippen LogP contribution in [0.3, 0.4) is 0 Å². The molecule has 0 amide bonds. The molecule has 0 saturated carbocycles. The highest BCUT2D eigenvalue weighted by Gasteiger charge is 2.27. The van der Waals surface area contributed by atoms with Crippen molar-refractivity contribution in [2.75, 3.05) is 18.9 Å². The lowest BCUT2D eigenvalue weighted by Gasteiger charge is -2.18. The molecule has 1 aromatic carbocycles. The zero-order valence-corrected chi connectivity index (χ0v) is 22.1. The van der Waals surface area contributed by atoms with Gasteiger partial charge in [-0.1, -0.05) is 29.8 Å². The number of fused-ring (bicyclic) bond motifs is 3. The first-order chi connectivity index (χ1) is 19.9. The molecule has 6 heterocycles. The van der Waals surface area contributed by atoms with Crippen LogP contribution in [0.25, 0.3) is 39.1 Å². The molecule has 0 bridgehead atoms. The van der Waals surface area contributed by atoms with E-state index in [1.807, 2.05) is 38.1 Å². The quantitative estimate of drug-likeness (QED) is 0.346. The van der Waals surface area contributed by atoms with Gasteiger partial charge >= 0.3 is 0 Å². The first-order valence-electron chi connectivity index (χ1n) is 12.9. The van der Waals surface area contributed by atoms with E-state index in [0.29, 0.717) is 69.6 Å². The Bertz CT molecular complexity index is 2050. The standard InChI is InChI=1S/C29H23FN8O3/c1-15-4-3-5-17(10-15)22-24(35-21-7-6-19(30)13-37(21)29(22)39)16(2)38-27-23(26(31)33-14-34-27)25(36-38)18-11-20-28(32-12-18)41-9-8-40-20/h3-7,10-14,16H,8-9H2,1-2H3,(H2,31,33,34). The molecule has 41 heavy (non-hydrogen) atoms. The molecule has 11 nitrogen and oxygen atoms in total. The molecule has 0 spiro atoms. The van der Waals surface area contributed by atoms with Gasteiger partial charge in [-0.2, -0.15) is 5.10 Å². The normalized spacial score (nSPS) is 13.5. The zero-order valence-electron chi connectivity index (χ0n) is 22.1. The van der Waals surface area contributed by atoms with Crippen molar-refractivity contribution in [1.82, 2.24) is 34.1 Å². The minimum atomic E-state index is -0.594. The van der Waals surface area contributed by atoms with Crippen LogP contribution in [0.1, 0.15) is 24.2 Å². The van der Waals surface area contributed by atoms with Gasteiger partial charge in [-0.25, -0.2) is 29.0 Å². The van der Waals surface area contributed by atoms with Crippen LogP contribution in [0, 0.1) is 12.7 Å². The number of hydrogen-bond donors (Lipinski definition) is 1. The Hall–Kier alpha value is -5.39. The van der Waals surface area contributed by atoms with Crippen molar-refractivity contribution in [2.45, 2.75) is 19.9 Å². The number of ether oxygens (including phenoxy) is 2. The second-order valence-electron chi connectivity index (χ2n) is 9.77. The summed E-state index contributed by atoms with van der Waals surface area (Å²) >= 11 is 0. The number of rotatable bonds is 4. The van der Waals surface area contributed by atoms with Gasteiger partial charge in [0.2, 0.25) is 0 Å². The molecule has 0 fully saturated rings. The summed E-state index contributed by atoms with van der Waals surface area (Å²) in [5.41, 5.74) is 10.2. The third-order valence-electron chi connectivity index (χ3n) is 7.07. The average Bonchev–Trinajstić information content (AvgIpc) is 3.38. The summed E-state index contributed by atoms with van der Waals surface area (Å²) in [5, 5.41) is 5.43. The molecule has 6 aromatic rings. The predicted octanol–water partition coefficient (Wildman–Crippen LogP) is 3.97. The Morgan fingerprint density at radius 1 is 1.05 bits per heavy atom. The highest BCUT2D eigenvalue weighted by atomic mass is 19.1. The van der Waals surface area contributed by atoms with Gasteiger partial charge in [0, 0.05) is 18.0 Å². The van der Waals surface area contributed by atoms with E-state index in [4.69, 9.17) is 25.3 Å². The van der Waals surface area contributed by atoms with E-state index in [2.05, 4.69) is 15.0 Å². The molecule has 1 atom stereocenters. The van der Waals surface area contributed by atoms with E-state index in [-0.39, 0.29) is 5.82 Å². The number of nitrogens with zero attached hydrogens (tertiary/aromatic N) is 7. The highest BCUT2D eigenvalue weighted by Crippen LogP contribution is 2.37. The van der Waals surface area contributed by atoms with Crippen molar-refractivity contribution < 1.29 is 13.9 Å². The molecule has 1 unspecified atom stereocenters. The molecule has 12 heteroatoms.